The molecule has 0 bridgehead atoms. The summed E-state index contributed by atoms with van der Waals surface area (Å²) in [4.78, 5) is 14.1. The van der Waals surface area contributed by atoms with Crippen molar-refractivity contribution in [2.75, 3.05) is 31.6 Å². The minimum Gasteiger partial charge on any atom is -0.379 e. The Morgan fingerprint density at radius 2 is 1.93 bits per heavy atom. The second kappa shape index (κ2) is 12.6. The topological polar surface area (TPSA) is 112 Å². The van der Waals surface area contributed by atoms with Crippen molar-refractivity contribution >= 4 is 21.6 Å². The average Bonchev–Trinajstić information content (AvgIpc) is 2.90. The van der Waals surface area contributed by atoms with Crippen LogP contribution >= 0.6 is 0 Å². The molecule has 2 aliphatic rings. The van der Waals surface area contributed by atoms with Crippen molar-refractivity contribution in [1.29, 1.82) is 5.26 Å². The fourth-order valence-electron chi connectivity index (χ4n) is 4.89. The monoisotopic (exact) mass is 578 g/mol. The van der Waals surface area contributed by atoms with Gasteiger partial charge in [-0.05, 0) is 75.3 Å². The maximum Gasteiger partial charge on any atom is 0.265 e. The zero-order valence-corrected chi connectivity index (χ0v) is 23.1. The Morgan fingerprint density at radius 3 is 2.55 bits per heavy atom. The first-order valence-electron chi connectivity index (χ1n) is 13.3. The van der Waals surface area contributed by atoms with Crippen molar-refractivity contribution in [3.63, 3.8) is 0 Å². The lowest BCUT2D eigenvalue weighted by molar-refractivity contribution is -0.148. The minimum atomic E-state index is -4.49. The van der Waals surface area contributed by atoms with E-state index in [1.54, 1.807) is 12.1 Å². The third kappa shape index (κ3) is 7.33. The number of aryl methyl sites for hydroxylation is 1. The van der Waals surface area contributed by atoms with E-state index in [9.17, 15) is 27.3 Å². The number of halogens is 3. The molecule has 4 rings (SSSR count). The van der Waals surface area contributed by atoms with Crippen molar-refractivity contribution in [2.45, 2.75) is 68.2 Å². The van der Waals surface area contributed by atoms with E-state index in [4.69, 9.17) is 4.74 Å². The fraction of sp³-hybridized carbons (Fsp3) is 0.500. The second-order valence-electron chi connectivity index (χ2n) is 10.6. The molecule has 0 aromatic heterocycles. The summed E-state index contributed by atoms with van der Waals surface area (Å²) in [5.41, 5.74) is -0.853. The van der Waals surface area contributed by atoms with Crippen molar-refractivity contribution in [3.8, 4) is 6.07 Å². The van der Waals surface area contributed by atoms with Crippen LogP contribution in [0.5, 0.6) is 0 Å². The molecule has 8 nitrogen and oxygen atoms in total. The zero-order valence-electron chi connectivity index (χ0n) is 22.3. The van der Waals surface area contributed by atoms with Gasteiger partial charge in [0.2, 0.25) is 0 Å². The molecule has 0 aliphatic carbocycles. The standard InChI is InChI=1S/C28H33F3N4O4S/c1-28(11-2-3-13-39-28)27(36)34-40(37,38)24-14-20(16-32)26(25(31)15-24)33-23(10-12-35-17-22(30)18-35)9-6-19-4-7-21(29)8-5-19/h4-5,7-8,14-15,22-23,33H,2-3,6,9-13,17-18H2,1H3,(H,34,36)/t23-,28-/m0/s1. The lowest BCUT2D eigenvalue weighted by Gasteiger charge is -2.35. The predicted molar refractivity (Wildman–Crippen MR) is 143 cm³/mol. The summed E-state index contributed by atoms with van der Waals surface area (Å²) in [5, 5.41) is 12.8. The van der Waals surface area contributed by atoms with Gasteiger partial charge in [-0.3, -0.25) is 9.69 Å². The number of ether oxygens (including phenoxy) is 1. The number of likely N-dealkylation sites (tertiary alicyclic amines) is 1. The molecular formula is C28H33F3N4O4S. The van der Waals surface area contributed by atoms with Gasteiger partial charge in [-0.25, -0.2) is 26.3 Å². The highest BCUT2D eigenvalue weighted by Crippen LogP contribution is 2.29. The summed E-state index contributed by atoms with van der Waals surface area (Å²) in [6, 6.07) is 9.30. The molecule has 2 fully saturated rings. The molecule has 2 N–H and O–H groups in total. The van der Waals surface area contributed by atoms with Gasteiger partial charge in [0.15, 0.2) is 0 Å². The van der Waals surface area contributed by atoms with E-state index < -0.39 is 38.4 Å². The molecule has 40 heavy (non-hydrogen) atoms. The number of benzene rings is 2. The van der Waals surface area contributed by atoms with Crippen LogP contribution in [0.3, 0.4) is 0 Å². The molecule has 2 atom stereocenters. The maximum atomic E-state index is 15.4. The molecule has 12 heteroatoms. The van der Waals surface area contributed by atoms with E-state index in [-0.39, 0.29) is 23.1 Å². The van der Waals surface area contributed by atoms with Gasteiger partial charge < -0.3 is 10.1 Å². The normalized spacial score (nSPS) is 20.8. The van der Waals surface area contributed by atoms with Gasteiger partial charge in [0.05, 0.1) is 16.1 Å². The van der Waals surface area contributed by atoms with E-state index in [1.807, 2.05) is 15.7 Å². The van der Waals surface area contributed by atoms with E-state index in [0.717, 1.165) is 24.1 Å². The minimum absolute atomic E-state index is 0.161. The molecule has 0 unspecified atom stereocenters. The van der Waals surface area contributed by atoms with Gasteiger partial charge in [-0.15, -0.1) is 0 Å². The van der Waals surface area contributed by atoms with Gasteiger partial charge >= 0.3 is 0 Å². The molecule has 2 saturated heterocycles. The van der Waals surface area contributed by atoms with Crippen LogP contribution in [0, 0.1) is 23.0 Å². The number of carbonyl (C=O) groups is 1. The molecule has 0 radical (unpaired) electrons. The predicted octanol–water partition coefficient (Wildman–Crippen LogP) is 4.06. The number of hydrogen-bond donors (Lipinski definition) is 2. The number of anilines is 1. The SMILES string of the molecule is C[C@@]1(C(=O)NS(=O)(=O)c2cc(F)c(N[C@@H](CCc3ccc(F)cc3)CCN3CC(F)C3)c(C#N)c2)CCCCO1. The van der Waals surface area contributed by atoms with Gasteiger partial charge in [0.1, 0.15) is 29.5 Å². The lowest BCUT2D eigenvalue weighted by atomic mass is 9.95. The number of nitriles is 1. The third-order valence-electron chi connectivity index (χ3n) is 7.42. The highest BCUT2D eigenvalue weighted by molar-refractivity contribution is 7.90. The maximum absolute atomic E-state index is 15.4. The quantitative estimate of drug-likeness (QED) is 0.414. The van der Waals surface area contributed by atoms with Gasteiger partial charge in [0, 0.05) is 32.3 Å². The number of nitrogens with zero attached hydrogens (tertiary/aromatic N) is 2. The van der Waals surface area contributed by atoms with E-state index in [0.29, 0.717) is 58.3 Å². The van der Waals surface area contributed by atoms with Crippen LogP contribution in [0.15, 0.2) is 41.3 Å². The number of carbonyl (C=O) groups excluding carboxylic acids is 1. The summed E-state index contributed by atoms with van der Waals surface area (Å²) < 4.78 is 75.3. The Hall–Kier alpha value is -3.14. The molecule has 2 aromatic carbocycles. The number of sulfonamides is 1. The summed E-state index contributed by atoms with van der Waals surface area (Å²) in [7, 11) is -4.49. The van der Waals surface area contributed by atoms with Gasteiger partial charge in [0.25, 0.3) is 15.9 Å². The highest BCUT2D eigenvalue weighted by atomic mass is 32.2. The van der Waals surface area contributed by atoms with Crippen LogP contribution in [0.25, 0.3) is 0 Å². The molecule has 2 heterocycles. The second-order valence-corrected chi connectivity index (χ2v) is 12.2. The van der Waals surface area contributed by atoms with E-state index in [1.165, 1.54) is 19.1 Å². The number of nitrogens with one attached hydrogen (secondary N) is 2. The van der Waals surface area contributed by atoms with Crippen LogP contribution in [0.2, 0.25) is 0 Å². The number of hydrogen-bond acceptors (Lipinski definition) is 7. The van der Waals surface area contributed by atoms with Gasteiger partial charge in [-0.2, -0.15) is 5.26 Å². The highest BCUT2D eigenvalue weighted by Gasteiger charge is 2.38. The van der Waals surface area contributed by atoms with E-state index >= 15 is 4.39 Å². The van der Waals surface area contributed by atoms with Crippen molar-refractivity contribution < 1.29 is 31.1 Å². The molecule has 2 aliphatic heterocycles. The Labute approximate surface area is 232 Å². The Balaban J connectivity index is 1.51. The first-order chi connectivity index (χ1) is 19.0. The zero-order chi connectivity index (χ0) is 28.9. The first kappa shape index (κ1) is 29.8. The summed E-state index contributed by atoms with van der Waals surface area (Å²) in [5.74, 6) is -2.17. The molecule has 216 valence electrons. The number of amides is 1. The molecule has 1 amide bonds. The van der Waals surface area contributed by atoms with Crippen LogP contribution in [0.1, 0.15) is 50.2 Å². The van der Waals surface area contributed by atoms with E-state index in [2.05, 4.69) is 5.32 Å². The Morgan fingerprint density at radius 1 is 1.20 bits per heavy atom. The van der Waals surface area contributed by atoms with Gasteiger partial charge in [-0.1, -0.05) is 12.1 Å². The molecule has 2 aromatic rings. The van der Waals surface area contributed by atoms with Crippen LogP contribution in [-0.2, 0) is 26.0 Å². The van der Waals surface area contributed by atoms with Crippen LogP contribution in [0.4, 0.5) is 18.9 Å². The average molecular weight is 579 g/mol. The van der Waals surface area contributed by atoms with Crippen molar-refractivity contribution in [1.82, 2.24) is 9.62 Å². The fourth-order valence-corrected chi connectivity index (χ4v) is 6.00. The summed E-state index contributed by atoms with van der Waals surface area (Å²) in [6.45, 7) is 3.03. The van der Waals surface area contributed by atoms with Crippen molar-refractivity contribution in [3.05, 3.63) is 59.2 Å². The molecule has 0 saturated carbocycles. The van der Waals surface area contributed by atoms with Crippen LogP contribution in [-0.4, -0.2) is 63.3 Å². The molecule has 0 spiro atoms. The number of alkyl halides is 1. The Kier molecular flexibility index (Phi) is 9.38. The first-order valence-corrected chi connectivity index (χ1v) is 14.8. The number of rotatable bonds is 11. The molecular weight excluding hydrogens is 545 g/mol. The Bertz CT molecular complexity index is 1350. The lowest BCUT2D eigenvalue weighted by Crippen LogP contribution is -2.50. The van der Waals surface area contributed by atoms with Crippen molar-refractivity contribution in [2.24, 2.45) is 0 Å². The largest absolute Gasteiger partial charge is 0.379 e. The smallest absolute Gasteiger partial charge is 0.265 e. The summed E-state index contributed by atoms with van der Waals surface area (Å²) >= 11 is 0. The van der Waals surface area contributed by atoms with Crippen LogP contribution < -0.4 is 10.0 Å². The third-order valence-corrected chi connectivity index (χ3v) is 8.73. The summed E-state index contributed by atoms with van der Waals surface area (Å²) in [6.07, 6.45) is 2.48.